The van der Waals surface area contributed by atoms with Gasteiger partial charge in [-0.15, -0.1) is 43.1 Å². The van der Waals surface area contributed by atoms with Gasteiger partial charge >= 0.3 is 0 Å². The minimum Gasteiger partial charge on any atom is -0.406 e. The Labute approximate surface area is 410 Å². The summed E-state index contributed by atoms with van der Waals surface area (Å²) < 4.78 is 18.2. The summed E-state index contributed by atoms with van der Waals surface area (Å²) in [6, 6.07) is 21.4. The van der Waals surface area contributed by atoms with E-state index in [1.807, 2.05) is 48.6 Å². The number of Topliss-reactive ketones (excluding diaryl/α,β-unsaturated/α-hetero) is 2. The van der Waals surface area contributed by atoms with Crippen LogP contribution in [0, 0.1) is 11.8 Å². The van der Waals surface area contributed by atoms with Crippen LogP contribution in [0.1, 0.15) is 122 Å². The van der Waals surface area contributed by atoms with Gasteiger partial charge in [0.2, 0.25) is 0 Å². The van der Waals surface area contributed by atoms with Gasteiger partial charge in [-0.25, -0.2) is 0 Å². The normalized spacial score (nSPS) is 16.3. The molecular formula is C52H80N6O6S2Si. The van der Waals surface area contributed by atoms with Gasteiger partial charge in [0.25, 0.3) is 8.32 Å². The summed E-state index contributed by atoms with van der Waals surface area (Å²) in [4.78, 5) is 30.7. The largest absolute Gasteiger partial charge is 0.406 e. The first-order chi connectivity index (χ1) is 31.4. The zero-order valence-corrected chi connectivity index (χ0v) is 45.4. The van der Waals surface area contributed by atoms with Crippen molar-refractivity contribution in [3.05, 3.63) is 80.7 Å². The van der Waals surface area contributed by atoms with E-state index < -0.39 is 24.8 Å². The van der Waals surface area contributed by atoms with E-state index in [1.54, 1.807) is 0 Å². The Morgan fingerprint density at radius 2 is 1.00 bits per heavy atom. The Morgan fingerprint density at radius 1 is 0.627 bits per heavy atom. The number of carbonyl (C=O) groups excluding carboxylic acids is 2. The van der Waals surface area contributed by atoms with Crippen LogP contribution >= 0.6 is 22.7 Å². The number of benzene rings is 2. The maximum Gasteiger partial charge on any atom is 0.261 e. The lowest BCUT2D eigenvalue weighted by molar-refractivity contribution is -0.129. The first-order valence-electron chi connectivity index (χ1n) is 24.1. The fraction of sp³-hybridized carbons (Fsp3) is 0.654. The molecule has 2 fully saturated rings. The molecule has 0 radical (unpaired) electrons. The molecule has 2 aromatic heterocycles. The number of likely N-dealkylation sites (N-methyl/N-ethyl adjacent to an activating group) is 2. The molecule has 2 aliphatic heterocycles. The van der Waals surface area contributed by atoms with Crippen LogP contribution in [0.15, 0.2) is 60.7 Å². The lowest BCUT2D eigenvalue weighted by Gasteiger charge is -2.44. The van der Waals surface area contributed by atoms with Gasteiger partial charge in [-0.3, -0.25) is 19.4 Å². The molecule has 0 amide bonds. The van der Waals surface area contributed by atoms with Crippen molar-refractivity contribution in [3.8, 4) is 0 Å². The zero-order chi connectivity index (χ0) is 49.3. The first kappa shape index (κ1) is 54.8. The monoisotopic (exact) mass is 977 g/mol. The summed E-state index contributed by atoms with van der Waals surface area (Å²) in [6.45, 7) is 28.7. The van der Waals surface area contributed by atoms with Gasteiger partial charge in [-0.2, -0.15) is 0 Å². The van der Waals surface area contributed by atoms with Crippen LogP contribution in [-0.4, -0.2) is 133 Å². The van der Waals surface area contributed by atoms with Crippen LogP contribution in [0.2, 0.25) is 5.04 Å². The van der Waals surface area contributed by atoms with E-state index in [2.05, 4.69) is 133 Å². The van der Waals surface area contributed by atoms with E-state index in [0.717, 1.165) is 80.2 Å². The van der Waals surface area contributed by atoms with Gasteiger partial charge in [0.15, 0.2) is 11.6 Å². The minimum absolute atomic E-state index is 0.00884. The van der Waals surface area contributed by atoms with Gasteiger partial charge in [0.1, 0.15) is 20.0 Å². The number of aliphatic hydroxyl groups excluding tert-OH is 1. The highest BCUT2D eigenvalue weighted by atomic mass is 32.1. The van der Waals surface area contributed by atoms with E-state index in [4.69, 9.17) is 13.9 Å². The molecule has 15 heteroatoms. The molecule has 4 heterocycles. The highest BCUT2D eigenvalue weighted by Crippen LogP contribution is 2.39. The Kier molecular flexibility index (Phi) is 19.0. The number of ketones is 2. The highest BCUT2D eigenvalue weighted by molar-refractivity contribution is 7.11. The van der Waals surface area contributed by atoms with Gasteiger partial charge < -0.3 is 19.0 Å². The fourth-order valence-electron chi connectivity index (χ4n) is 8.60. The standard InChI is InChI=1S/C34H49N3O3SSi.C18H31N3O3S/c1-32(2,3)42(27-15-11-9-12-16-27,28-17-13-10-14-18-28)40-25-33(4,5)31-36-35-30(41-31)23-29(38)34(6,7)37(8)24-26-19-21-39-22-20-26;1-17(2,12-22)16-20-19-15(25-16)10-14(23)18(3,4)21(5)11-13-6-8-24-9-7-13/h9-18,26H,19-25H2,1-8H3;13,22H,6-12H2,1-5H3. The number of nitrogens with zero attached hydrogens (tertiary/aromatic N) is 6. The smallest absolute Gasteiger partial charge is 0.261 e. The summed E-state index contributed by atoms with van der Waals surface area (Å²) >= 11 is 2.96. The predicted molar refractivity (Wildman–Crippen MR) is 274 cm³/mol. The highest BCUT2D eigenvalue weighted by Gasteiger charge is 2.51. The van der Waals surface area contributed by atoms with Gasteiger partial charge in [0, 0.05) is 57.0 Å². The van der Waals surface area contributed by atoms with E-state index in [1.165, 1.54) is 33.0 Å². The third-order valence-corrected chi connectivity index (χ3v) is 21.8. The van der Waals surface area contributed by atoms with Gasteiger partial charge in [0.05, 0.1) is 30.5 Å². The van der Waals surface area contributed by atoms with Crippen molar-refractivity contribution < 1.29 is 28.6 Å². The van der Waals surface area contributed by atoms with Crippen molar-refractivity contribution in [2.75, 3.05) is 66.8 Å². The summed E-state index contributed by atoms with van der Waals surface area (Å²) in [5, 5.41) is 32.4. The van der Waals surface area contributed by atoms with E-state index >= 15 is 0 Å². The number of carbonyl (C=O) groups is 2. The van der Waals surface area contributed by atoms with Crippen molar-refractivity contribution in [2.24, 2.45) is 11.8 Å². The molecule has 2 aromatic carbocycles. The third-order valence-electron chi connectivity index (χ3n) is 14.2. The van der Waals surface area contributed by atoms with Crippen molar-refractivity contribution >= 4 is 52.9 Å². The molecule has 67 heavy (non-hydrogen) atoms. The van der Waals surface area contributed by atoms with E-state index in [0.29, 0.717) is 23.5 Å². The second kappa shape index (κ2) is 23.2. The Hall–Kier alpha value is -3.12. The average molecular weight is 977 g/mol. The van der Waals surface area contributed by atoms with Crippen molar-refractivity contribution in [3.63, 3.8) is 0 Å². The number of ether oxygens (including phenoxy) is 2. The number of rotatable bonds is 20. The van der Waals surface area contributed by atoms with Crippen LogP contribution in [-0.2, 0) is 47.2 Å². The average Bonchev–Trinajstić information content (AvgIpc) is 3.99. The van der Waals surface area contributed by atoms with Crippen LogP contribution in [0.3, 0.4) is 0 Å². The Morgan fingerprint density at radius 3 is 1.36 bits per heavy atom. The summed E-state index contributed by atoms with van der Waals surface area (Å²) in [6.07, 6.45) is 4.80. The molecule has 0 saturated carbocycles. The van der Waals surface area contributed by atoms with Crippen LogP contribution < -0.4 is 10.4 Å². The summed E-state index contributed by atoms with van der Waals surface area (Å²) in [5.41, 5.74) is -1.92. The van der Waals surface area contributed by atoms with Crippen LogP contribution in [0.25, 0.3) is 0 Å². The number of hydrogen-bond acceptors (Lipinski definition) is 14. The number of aromatic nitrogens is 4. The van der Waals surface area contributed by atoms with E-state index in [-0.39, 0.29) is 41.5 Å². The van der Waals surface area contributed by atoms with Crippen LogP contribution in [0.4, 0.5) is 0 Å². The third kappa shape index (κ3) is 13.8. The second-order valence-corrected chi connectivity index (χ2v) is 28.5. The van der Waals surface area contributed by atoms with Crippen molar-refractivity contribution in [1.29, 1.82) is 0 Å². The molecule has 4 aromatic rings. The molecule has 0 spiro atoms. The first-order valence-corrected chi connectivity index (χ1v) is 27.6. The SMILES string of the molecule is CN(CC1CCOCC1)C(C)(C)C(=O)Cc1nnc(C(C)(C)CO)s1.CN(CC1CCOCC1)C(C)(C)C(=O)Cc1nnc(C(C)(C)CO[Si](c2ccccc2)(c2ccccc2)C(C)(C)C)s1. The lowest BCUT2D eigenvalue weighted by Crippen LogP contribution is -2.67. The maximum absolute atomic E-state index is 13.5. The number of hydrogen-bond donors (Lipinski definition) is 1. The molecule has 0 bridgehead atoms. The molecule has 0 unspecified atom stereocenters. The fourth-order valence-corrected chi connectivity index (χ4v) is 15.2. The Balaban J connectivity index is 0.000000286. The molecule has 6 rings (SSSR count). The maximum atomic E-state index is 13.5. The summed E-state index contributed by atoms with van der Waals surface area (Å²) in [7, 11) is 1.40. The quantitative estimate of drug-likeness (QED) is 0.0869. The lowest BCUT2D eigenvalue weighted by atomic mass is 9.92. The molecular weight excluding hydrogens is 897 g/mol. The molecule has 0 atom stereocenters. The predicted octanol–water partition coefficient (Wildman–Crippen LogP) is 7.70. The molecule has 2 saturated heterocycles. The second-order valence-electron chi connectivity index (χ2n) is 22.1. The Bertz CT molecular complexity index is 2120. The number of aliphatic hydroxyl groups is 1. The van der Waals surface area contributed by atoms with Gasteiger partial charge in [-0.1, -0.05) is 109 Å². The molecule has 0 aliphatic carbocycles. The van der Waals surface area contributed by atoms with Gasteiger partial charge in [-0.05, 0) is 94.7 Å². The van der Waals surface area contributed by atoms with E-state index in [9.17, 15) is 14.7 Å². The minimum atomic E-state index is -2.68. The molecule has 370 valence electrons. The summed E-state index contributed by atoms with van der Waals surface area (Å²) in [5.74, 6) is 1.47. The van der Waals surface area contributed by atoms with Crippen molar-refractivity contribution in [1.82, 2.24) is 30.2 Å². The molecule has 12 nitrogen and oxygen atoms in total. The molecule has 2 aliphatic rings. The van der Waals surface area contributed by atoms with Crippen LogP contribution in [0.5, 0.6) is 0 Å². The molecule has 1 N–H and O–H groups in total. The zero-order valence-electron chi connectivity index (χ0n) is 42.8. The topological polar surface area (TPSA) is 140 Å². The van der Waals surface area contributed by atoms with Crippen molar-refractivity contribution in [2.45, 2.75) is 142 Å².